The van der Waals surface area contributed by atoms with Crippen molar-refractivity contribution in [3.05, 3.63) is 35.4 Å². The fourth-order valence-electron chi connectivity index (χ4n) is 2.37. The molecule has 1 aliphatic heterocycles. The minimum absolute atomic E-state index is 0.0184. The van der Waals surface area contributed by atoms with Gasteiger partial charge in [0.25, 0.3) is 5.91 Å². The highest BCUT2D eigenvalue weighted by molar-refractivity contribution is 7.89. The van der Waals surface area contributed by atoms with Gasteiger partial charge in [-0.1, -0.05) is 17.7 Å². The molecule has 1 aliphatic rings. The second-order valence-electron chi connectivity index (χ2n) is 5.37. The molecule has 22 heavy (non-hydrogen) atoms. The molecule has 1 aromatic carbocycles. The van der Waals surface area contributed by atoms with Gasteiger partial charge in [0, 0.05) is 38.9 Å². The zero-order valence-electron chi connectivity index (χ0n) is 13.0. The summed E-state index contributed by atoms with van der Waals surface area (Å²) in [6, 6.07) is 7.41. The molecule has 1 aromatic rings. The second-order valence-corrected chi connectivity index (χ2v) is 7.45. The fraction of sp³-hybridized carbons (Fsp3) is 0.533. The van der Waals surface area contributed by atoms with Crippen LogP contribution in [0.1, 0.15) is 15.9 Å². The largest absolute Gasteiger partial charge is 0.384 e. The van der Waals surface area contributed by atoms with Crippen molar-refractivity contribution in [2.75, 3.05) is 45.6 Å². The highest BCUT2D eigenvalue weighted by atomic mass is 32.2. The Hall–Kier alpha value is -1.44. The zero-order chi connectivity index (χ0) is 16.2. The molecular weight excluding hydrogens is 304 g/mol. The molecule has 1 fully saturated rings. The minimum Gasteiger partial charge on any atom is -0.384 e. The summed E-state index contributed by atoms with van der Waals surface area (Å²) < 4.78 is 30.4. The van der Waals surface area contributed by atoms with E-state index in [1.165, 1.54) is 11.4 Å². The Balaban J connectivity index is 1.94. The van der Waals surface area contributed by atoms with Gasteiger partial charge in [0.2, 0.25) is 10.0 Å². The average molecular weight is 326 g/mol. The summed E-state index contributed by atoms with van der Waals surface area (Å²) in [6.45, 7) is 3.66. The van der Waals surface area contributed by atoms with Crippen LogP contribution in [0.2, 0.25) is 0 Å². The minimum atomic E-state index is -3.29. The van der Waals surface area contributed by atoms with Gasteiger partial charge in [0.1, 0.15) is 0 Å². The lowest BCUT2D eigenvalue weighted by atomic mass is 10.1. The van der Waals surface area contributed by atoms with Gasteiger partial charge in [-0.15, -0.1) is 0 Å². The van der Waals surface area contributed by atoms with Crippen molar-refractivity contribution in [1.82, 2.24) is 9.21 Å². The number of benzene rings is 1. The van der Waals surface area contributed by atoms with E-state index in [2.05, 4.69) is 0 Å². The van der Waals surface area contributed by atoms with Gasteiger partial charge < -0.3 is 9.64 Å². The Bertz CT molecular complexity index is 605. The topological polar surface area (TPSA) is 66.9 Å². The van der Waals surface area contributed by atoms with E-state index >= 15 is 0 Å². The van der Waals surface area contributed by atoms with Crippen LogP contribution >= 0.6 is 0 Å². The van der Waals surface area contributed by atoms with Crippen LogP contribution in [0.4, 0.5) is 0 Å². The molecule has 0 aliphatic carbocycles. The van der Waals surface area contributed by atoms with Gasteiger partial charge in [-0.2, -0.15) is 4.31 Å². The maximum Gasteiger partial charge on any atom is 0.253 e. The van der Waals surface area contributed by atoms with E-state index in [4.69, 9.17) is 4.74 Å². The molecule has 122 valence electrons. The van der Waals surface area contributed by atoms with Crippen molar-refractivity contribution < 1.29 is 17.9 Å². The van der Waals surface area contributed by atoms with Crippen LogP contribution in [-0.2, 0) is 14.8 Å². The van der Waals surface area contributed by atoms with Crippen LogP contribution in [0.15, 0.2) is 24.3 Å². The number of sulfonamides is 1. The molecular formula is C15H22N2O4S. The number of ether oxygens (including phenoxy) is 1. The molecule has 0 unspecified atom stereocenters. The molecule has 7 heteroatoms. The quantitative estimate of drug-likeness (QED) is 0.800. The van der Waals surface area contributed by atoms with Crippen LogP contribution < -0.4 is 0 Å². The number of carbonyl (C=O) groups excluding carboxylic acids is 1. The average Bonchev–Trinajstić information content (AvgIpc) is 2.53. The predicted molar refractivity (Wildman–Crippen MR) is 84.3 cm³/mol. The molecule has 0 atom stereocenters. The highest BCUT2D eigenvalue weighted by Crippen LogP contribution is 2.12. The van der Waals surface area contributed by atoms with Gasteiger partial charge in [-0.25, -0.2) is 8.42 Å². The molecule has 6 nitrogen and oxygen atoms in total. The smallest absolute Gasteiger partial charge is 0.253 e. The van der Waals surface area contributed by atoms with Crippen molar-refractivity contribution in [2.45, 2.75) is 6.92 Å². The van der Waals surface area contributed by atoms with E-state index in [0.29, 0.717) is 31.7 Å². The van der Waals surface area contributed by atoms with Crippen molar-refractivity contribution in [3.63, 3.8) is 0 Å². The van der Waals surface area contributed by atoms with Crippen molar-refractivity contribution in [2.24, 2.45) is 0 Å². The van der Waals surface area contributed by atoms with E-state index in [9.17, 15) is 13.2 Å². The first-order valence-electron chi connectivity index (χ1n) is 7.27. The number of amides is 1. The number of nitrogens with zero attached hydrogens (tertiary/aromatic N) is 2. The molecule has 0 N–H and O–H groups in total. The summed E-state index contributed by atoms with van der Waals surface area (Å²) >= 11 is 0. The lowest BCUT2D eigenvalue weighted by molar-refractivity contribution is 0.0697. The van der Waals surface area contributed by atoms with E-state index < -0.39 is 10.0 Å². The first-order valence-corrected chi connectivity index (χ1v) is 8.87. The summed E-state index contributed by atoms with van der Waals surface area (Å²) in [5, 5.41) is 0. The van der Waals surface area contributed by atoms with Gasteiger partial charge in [0.15, 0.2) is 0 Å². The lowest BCUT2D eigenvalue weighted by Gasteiger charge is -2.34. The number of piperazine rings is 1. The number of methoxy groups -OCH3 is 1. The SMILES string of the molecule is COCCS(=O)(=O)N1CCN(C(=O)c2ccc(C)cc2)CC1. The second kappa shape index (κ2) is 7.21. The Morgan fingerprint density at radius 2 is 1.73 bits per heavy atom. The maximum atomic E-state index is 12.4. The third kappa shape index (κ3) is 4.06. The summed E-state index contributed by atoms with van der Waals surface area (Å²) in [6.07, 6.45) is 0. The molecule has 0 radical (unpaired) electrons. The van der Waals surface area contributed by atoms with Crippen LogP contribution in [-0.4, -0.2) is 69.2 Å². The molecule has 2 rings (SSSR count). The first kappa shape index (κ1) is 16.9. The number of hydrogen-bond acceptors (Lipinski definition) is 4. The Morgan fingerprint density at radius 1 is 1.14 bits per heavy atom. The highest BCUT2D eigenvalue weighted by Gasteiger charge is 2.28. The summed E-state index contributed by atoms with van der Waals surface area (Å²) in [5.74, 6) is -0.0657. The summed E-state index contributed by atoms with van der Waals surface area (Å²) in [5.41, 5.74) is 1.74. The normalized spacial score (nSPS) is 16.7. The zero-order valence-corrected chi connectivity index (χ0v) is 13.8. The monoisotopic (exact) mass is 326 g/mol. The number of aryl methyl sites for hydroxylation is 1. The maximum absolute atomic E-state index is 12.4. The Morgan fingerprint density at radius 3 is 2.27 bits per heavy atom. The van der Waals surface area contributed by atoms with Crippen LogP contribution in [0.5, 0.6) is 0 Å². The number of carbonyl (C=O) groups is 1. The summed E-state index contributed by atoms with van der Waals surface area (Å²) in [4.78, 5) is 14.1. The summed E-state index contributed by atoms with van der Waals surface area (Å²) in [7, 11) is -1.81. The molecule has 0 spiro atoms. The Labute approximate surface area is 131 Å². The van der Waals surface area contributed by atoms with Crippen LogP contribution in [0, 0.1) is 6.92 Å². The molecule has 0 aromatic heterocycles. The van der Waals surface area contributed by atoms with E-state index in [1.54, 1.807) is 17.0 Å². The third-order valence-corrected chi connectivity index (χ3v) is 5.60. The standard InChI is InChI=1S/C15H22N2O4S/c1-13-3-5-14(6-4-13)15(18)16-7-9-17(10-8-16)22(19,20)12-11-21-2/h3-6H,7-12H2,1-2H3. The number of hydrogen-bond donors (Lipinski definition) is 0. The molecule has 1 heterocycles. The fourth-order valence-corrected chi connectivity index (χ4v) is 3.72. The van der Waals surface area contributed by atoms with E-state index in [0.717, 1.165) is 5.56 Å². The molecule has 1 amide bonds. The third-order valence-electron chi connectivity index (χ3n) is 3.76. The van der Waals surface area contributed by atoms with Crippen molar-refractivity contribution in [1.29, 1.82) is 0 Å². The van der Waals surface area contributed by atoms with Crippen LogP contribution in [0.25, 0.3) is 0 Å². The number of rotatable bonds is 5. The van der Waals surface area contributed by atoms with Gasteiger partial charge in [-0.05, 0) is 19.1 Å². The van der Waals surface area contributed by atoms with Gasteiger partial charge in [0.05, 0.1) is 12.4 Å². The van der Waals surface area contributed by atoms with Gasteiger partial charge >= 0.3 is 0 Å². The molecule has 0 saturated carbocycles. The first-order chi connectivity index (χ1) is 10.4. The molecule has 1 saturated heterocycles. The van der Waals surface area contributed by atoms with E-state index in [-0.39, 0.29) is 18.3 Å². The van der Waals surface area contributed by atoms with Crippen molar-refractivity contribution in [3.8, 4) is 0 Å². The molecule has 0 bridgehead atoms. The van der Waals surface area contributed by atoms with E-state index in [1.807, 2.05) is 19.1 Å². The predicted octanol–water partition coefficient (Wildman–Crippen LogP) is 0.729. The van der Waals surface area contributed by atoms with Crippen molar-refractivity contribution >= 4 is 15.9 Å². The van der Waals surface area contributed by atoms with Crippen LogP contribution in [0.3, 0.4) is 0 Å². The van der Waals surface area contributed by atoms with Gasteiger partial charge in [-0.3, -0.25) is 4.79 Å². The Kier molecular flexibility index (Phi) is 5.55. The lowest BCUT2D eigenvalue weighted by Crippen LogP contribution is -2.51.